The van der Waals surface area contributed by atoms with Crippen LogP contribution in [0, 0.1) is 12.8 Å². The summed E-state index contributed by atoms with van der Waals surface area (Å²) in [6.45, 7) is 5.17. The van der Waals surface area contributed by atoms with Gasteiger partial charge in [-0.15, -0.1) is 0 Å². The molecule has 0 bridgehead atoms. The number of amides is 1. The van der Waals surface area contributed by atoms with E-state index in [1.165, 1.54) is 0 Å². The number of nitrogens with one attached hydrogen (secondary N) is 1. The van der Waals surface area contributed by atoms with Gasteiger partial charge in [0.1, 0.15) is 6.04 Å². The molecule has 1 aromatic rings. The molecule has 1 rings (SSSR count). The largest absolute Gasteiger partial charge is 0.480 e. The van der Waals surface area contributed by atoms with Gasteiger partial charge in [-0.3, -0.25) is 4.79 Å². The van der Waals surface area contributed by atoms with E-state index in [2.05, 4.69) is 21.2 Å². The number of halogens is 1. The first-order chi connectivity index (χ1) is 7.82. The topological polar surface area (TPSA) is 79.5 Å². The van der Waals surface area contributed by atoms with Crippen molar-refractivity contribution in [3.63, 3.8) is 0 Å². The number of hydrogen-bond acceptors (Lipinski definition) is 3. The lowest BCUT2D eigenvalue weighted by molar-refractivity contribution is -0.140. The van der Waals surface area contributed by atoms with Crippen LogP contribution >= 0.6 is 15.9 Å². The van der Waals surface area contributed by atoms with Crippen molar-refractivity contribution in [2.75, 3.05) is 0 Å². The first-order valence-corrected chi connectivity index (χ1v) is 5.91. The molecule has 0 unspecified atom stereocenters. The van der Waals surface area contributed by atoms with Gasteiger partial charge in [0.05, 0.1) is 0 Å². The summed E-state index contributed by atoms with van der Waals surface area (Å²) in [5.41, 5.74) is 0.655. The van der Waals surface area contributed by atoms with Crippen molar-refractivity contribution in [3.8, 4) is 0 Å². The van der Waals surface area contributed by atoms with Crippen LogP contribution in [-0.4, -0.2) is 23.0 Å². The molecule has 94 valence electrons. The number of carboxylic acid groups (broad SMARTS) is 1. The molecule has 0 spiro atoms. The fraction of sp³-hybridized carbons (Fsp3) is 0.455. The highest BCUT2D eigenvalue weighted by atomic mass is 79.9. The van der Waals surface area contributed by atoms with Gasteiger partial charge in [-0.2, -0.15) is 0 Å². The highest BCUT2D eigenvalue weighted by Gasteiger charge is 2.26. The van der Waals surface area contributed by atoms with Crippen LogP contribution in [0.15, 0.2) is 15.2 Å². The summed E-state index contributed by atoms with van der Waals surface area (Å²) in [7, 11) is 0. The normalized spacial score (nSPS) is 12.5. The van der Waals surface area contributed by atoms with E-state index in [1.54, 1.807) is 26.8 Å². The quantitative estimate of drug-likeness (QED) is 0.893. The zero-order chi connectivity index (χ0) is 13.2. The molecule has 0 aliphatic rings. The SMILES string of the molecule is Cc1cc(Br)oc1C(=O)N[C@H](C(=O)O)C(C)C. The molecule has 1 atom stereocenters. The summed E-state index contributed by atoms with van der Waals surface area (Å²) in [5, 5.41) is 11.4. The fourth-order valence-electron chi connectivity index (χ4n) is 1.39. The van der Waals surface area contributed by atoms with Gasteiger partial charge in [0.2, 0.25) is 0 Å². The maximum atomic E-state index is 11.8. The van der Waals surface area contributed by atoms with Crippen LogP contribution in [0.5, 0.6) is 0 Å². The van der Waals surface area contributed by atoms with Gasteiger partial charge in [0.15, 0.2) is 10.4 Å². The van der Waals surface area contributed by atoms with Gasteiger partial charge in [-0.1, -0.05) is 13.8 Å². The summed E-state index contributed by atoms with van der Waals surface area (Å²) in [5.74, 6) is -1.65. The van der Waals surface area contributed by atoms with Crippen molar-refractivity contribution in [2.24, 2.45) is 5.92 Å². The van der Waals surface area contributed by atoms with E-state index in [0.717, 1.165) is 0 Å². The zero-order valence-corrected chi connectivity index (χ0v) is 11.4. The van der Waals surface area contributed by atoms with Crippen molar-refractivity contribution < 1.29 is 19.1 Å². The Hall–Kier alpha value is -1.30. The van der Waals surface area contributed by atoms with E-state index in [9.17, 15) is 9.59 Å². The van der Waals surface area contributed by atoms with Crippen molar-refractivity contribution in [1.82, 2.24) is 5.32 Å². The lowest BCUT2D eigenvalue weighted by atomic mass is 10.0. The van der Waals surface area contributed by atoms with Crippen LogP contribution in [-0.2, 0) is 4.79 Å². The smallest absolute Gasteiger partial charge is 0.326 e. The van der Waals surface area contributed by atoms with E-state index in [1.807, 2.05) is 0 Å². The minimum absolute atomic E-state index is 0.128. The van der Waals surface area contributed by atoms with Crippen LogP contribution in [0.4, 0.5) is 0 Å². The van der Waals surface area contributed by atoms with Crippen LogP contribution in [0.25, 0.3) is 0 Å². The van der Waals surface area contributed by atoms with Gasteiger partial charge in [0.25, 0.3) is 5.91 Å². The molecule has 0 aliphatic heterocycles. The third kappa shape index (κ3) is 3.33. The minimum atomic E-state index is -1.06. The molecule has 0 aromatic carbocycles. The van der Waals surface area contributed by atoms with E-state index in [4.69, 9.17) is 9.52 Å². The van der Waals surface area contributed by atoms with Gasteiger partial charge in [0, 0.05) is 5.56 Å². The van der Waals surface area contributed by atoms with E-state index in [-0.39, 0.29) is 11.7 Å². The number of carbonyl (C=O) groups is 2. The highest BCUT2D eigenvalue weighted by molar-refractivity contribution is 9.10. The molecule has 5 nitrogen and oxygen atoms in total. The molecular weight excluding hydrogens is 290 g/mol. The Morgan fingerprint density at radius 1 is 1.47 bits per heavy atom. The van der Waals surface area contributed by atoms with Crippen LogP contribution in [0.3, 0.4) is 0 Å². The standard InChI is InChI=1S/C11H14BrNO4/c1-5(2)8(11(15)16)13-10(14)9-6(3)4-7(12)17-9/h4-5,8H,1-3H3,(H,13,14)(H,15,16)/t8-/m0/s1. The van der Waals surface area contributed by atoms with Gasteiger partial charge in [-0.25, -0.2) is 4.79 Å². The van der Waals surface area contributed by atoms with E-state index >= 15 is 0 Å². The molecule has 1 amide bonds. The predicted molar refractivity (Wildman–Crippen MR) is 64.9 cm³/mol. The average molecular weight is 304 g/mol. The number of furan rings is 1. The molecule has 1 aromatic heterocycles. The van der Waals surface area contributed by atoms with E-state index < -0.39 is 17.9 Å². The maximum Gasteiger partial charge on any atom is 0.326 e. The zero-order valence-electron chi connectivity index (χ0n) is 9.78. The van der Waals surface area contributed by atoms with Gasteiger partial charge < -0.3 is 14.8 Å². The third-order valence-corrected chi connectivity index (χ3v) is 2.70. The monoisotopic (exact) mass is 303 g/mol. The molecule has 0 radical (unpaired) electrons. The molecule has 0 saturated heterocycles. The molecule has 6 heteroatoms. The summed E-state index contributed by atoms with van der Waals surface area (Å²) >= 11 is 3.11. The Morgan fingerprint density at radius 2 is 2.06 bits per heavy atom. The average Bonchev–Trinajstić information content (AvgIpc) is 2.53. The Morgan fingerprint density at radius 3 is 2.41 bits per heavy atom. The van der Waals surface area contributed by atoms with Gasteiger partial charge in [-0.05, 0) is 34.8 Å². The number of aryl methyl sites for hydroxylation is 1. The molecular formula is C11H14BrNO4. The van der Waals surface area contributed by atoms with Crippen molar-refractivity contribution in [1.29, 1.82) is 0 Å². The summed E-state index contributed by atoms with van der Waals surface area (Å²) < 4.78 is 5.59. The Balaban J connectivity index is 2.85. The van der Waals surface area contributed by atoms with Crippen molar-refractivity contribution >= 4 is 27.8 Å². The number of hydrogen-bond donors (Lipinski definition) is 2. The lowest BCUT2D eigenvalue weighted by Crippen LogP contribution is -2.44. The predicted octanol–water partition coefficient (Wildman–Crippen LogP) is 2.19. The second-order valence-electron chi connectivity index (χ2n) is 4.10. The summed E-state index contributed by atoms with van der Waals surface area (Å²) in [6, 6.07) is 0.728. The second-order valence-corrected chi connectivity index (χ2v) is 4.88. The molecule has 17 heavy (non-hydrogen) atoms. The fourth-order valence-corrected chi connectivity index (χ4v) is 1.89. The molecule has 0 fully saturated rings. The van der Waals surface area contributed by atoms with Crippen molar-refractivity contribution in [2.45, 2.75) is 26.8 Å². The number of rotatable bonds is 4. The molecule has 1 heterocycles. The van der Waals surface area contributed by atoms with Gasteiger partial charge >= 0.3 is 5.97 Å². The number of carboxylic acids is 1. The Labute approximate surface area is 107 Å². The molecule has 0 aliphatic carbocycles. The van der Waals surface area contributed by atoms with Crippen LogP contribution in [0.2, 0.25) is 0 Å². The first-order valence-electron chi connectivity index (χ1n) is 5.12. The molecule has 0 saturated carbocycles. The van der Waals surface area contributed by atoms with Crippen molar-refractivity contribution in [3.05, 3.63) is 22.1 Å². The number of carbonyl (C=O) groups excluding carboxylic acids is 1. The summed E-state index contributed by atoms with van der Waals surface area (Å²) in [6.07, 6.45) is 0. The highest BCUT2D eigenvalue weighted by Crippen LogP contribution is 2.19. The van der Waals surface area contributed by atoms with Crippen LogP contribution in [0.1, 0.15) is 30.0 Å². The Kier molecular flexibility index (Phi) is 4.34. The maximum absolute atomic E-state index is 11.8. The number of aliphatic carboxylic acids is 1. The van der Waals surface area contributed by atoms with E-state index in [0.29, 0.717) is 10.2 Å². The third-order valence-electron chi connectivity index (χ3n) is 2.31. The second kappa shape index (κ2) is 5.35. The lowest BCUT2D eigenvalue weighted by Gasteiger charge is -2.17. The Bertz CT molecular complexity index is 439. The molecule has 2 N–H and O–H groups in total. The summed E-state index contributed by atoms with van der Waals surface area (Å²) in [4.78, 5) is 22.8. The minimum Gasteiger partial charge on any atom is -0.480 e. The first kappa shape index (κ1) is 13.8. The van der Waals surface area contributed by atoms with Crippen LogP contribution < -0.4 is 5.32 Å².